The Bertz CT molecular complexity index is 417. The Hall–Kier alpha value is -1.59. The Balaban J connectivity index is 1.93. The van der Waals surface area contributed by atoms with Gasteiger partial charge in [-0.25, -0.2) is 0 Å². The second-order valence-electron chi connectivity index (χ2n) is 4.52. The van der Waals surface area contributed by atoms with Gasteiger partial charge in [-0.2, -0.15) is 0 Å². The molecule has 1 fully saturated rings. The molecule has 1 saturated heterocycles. The molecule has 0 saturated carbocycles. The summed E-state index contributed by atoms with van der Waals surface area (Å²) in [6.07, 6.45) is 2.30. The number of amides is 1. The van der Waals surface area contributed by atoms with Gasteiger partial charge in [0.1, 0.15) is 12.4 Å². The molecule has 19 heavy (non-hydrogen) atoms. The third-order valence-electron chi connectivity index (χ3n) is 2.95. The van der Waals surface area contributed by atoms with Crippen LogP contribution >= 0.6 is 0 Å². The first-order valence-electron chi connectivity index (χ1n) is 6.57. The molecule has 1 aromatic rings. The lowest BCUT2D eigenvalue weighted by atomic mass is 10.2. The molecular formula is C14H20N2O3. The smallest absolute Gasteiger partial charge is 0.238 e. The number of carbonyl (C=O) groups excluding carboxylic acids is 1. The second-order valence-corrected chi connectivity index (χ2v) is 4.52. The summed E-state index contributed by atoms with van der Waals surface area (Å²) in [6, 6.07) is 7.44. The maximum Gasteiger partial charge on any atom is 0.238 e. The summed E-state index contributed by atoms with van der Waals surface area (Å²) in [6.45, 7) is 1.62. The van der Waals surface area contributed by atoms with Crippen molar-refractivity contribution >= 4 is 11.6 Å². The van der Waals surface area contributed by atoms with Crippen molar-refractivity contribution in [1.29, 1.82) is 0 Å². The Kier molecular flexibility index (Phi) is 5.18. The predicted molar refractivity (Wildman–Crippen MR) is 73.5 cm³/mol. The molecule has 1 aliphatic rings. The third kappa shape index (κ3) is 4.22. The highest BCUT2D eigenvalue weighted by molar-refractivity contribution is 5.93. The van der Waals surface area contributed by atoms with E-state index in [1.807, 2.05) is 24.3 Å². The van der Waals surface area contributed by atoms with Crippen molar-refractivity contribution in [2.45, 2.75) is 18.9 Å². The van der Waals surface area contributed by atoms with Crippen LogP contribution in [0.15, 0.2) is 24.3 Å². The Morgan fingerprint density at radius 1 is 1.47 bits per heavy atom. The summed E-state index contributed by atoms with van der Waals surface area (Å²) in [5.41, 5.74) is 0.695. The van der Waals surface area contributed by atoms with Gasteiger partial charge in [0.15, 0.2) is 0 Å². The second kappa shape index (κ2) is 7.11. The molecule has 0 bridgehead atoms. The number of benzene rings is 1. The van der Waals surface area contributed by atoms with E-state index in [0.29, 0.717) is 18.0 Å². The molecule has 1 atom stereocenters. The third-order valence-corrected chi connectivity index (χ3v) is 2.95. The van der Waals surface area contributed by atoms with Gasteiger partial charge < -0.3 is 20.1 Å². The summed E-state index contributed by atoms with van der Waals surface area (Å²) < 4.78 is 11.3. The number of ether oxygens (including phenoxy) is 2. The van der Waals surface area contributed by atoms with Gasteiger partial charge in [-0.05, 0) is 32.0 Å². The number of nitrogens with one attached hydrogen (secondary N) is 2. The van der Waals surface area contributed by atoms with Gasteiger partial charge in [-0.3, -0.25) is 4.79 Å². The highest BCUT2D eigenvalue weighted by Crippen LogP contribution is 2.24. The molecule has 0 radical (unpaired) electrons. The quantitative estimate of drug-likeness (QED) is 0.815. The van der Waals surface area contributed by atoms with Crippen molar-refractivity contribution in [3.63, 3.8) is 0 Å². The number of hydrogen-bond acceptors (Lipinski definition) is 4. The summed E-state index contributed by atoms with van der Waals surface area (Å²) in [5, 5.41) is 5.63. The van der Waals surface area contributed by atoms with Gasteiger partial charge in [0.2, 0.25) is 5.91 Å². The lowest BCUT2D eigenvalue weighted by molar-refractivity contribution is -0.115. The first-order valence-corrected chi connectivity index (χ1v) is 6.57. The summed E-state index contributed by atoms with van der Waals surface area (Å²) >= 11 is 0. The van der Waals surface area contributed by atoms with E-state index in [4.69, 9.17) is 9.47 Å². The summed E-state index contributed by atoms with van der Waals surface area (Å²) in [4.78, 5) is 11.6. The molecule has 2 rings (SSSR count). The van der Waals surface area contributed by atoms with E-state index < -0.39 is 0 Å². The number of anilines is 1. The van der Waals surface area contributed by atoms with E-state index in [-0.39, 0.29) is 18.6 Å². The van der Waals surface area contributed by atoms with Crippen LogP contribution in [0.3, 0.4) is 0 Å². The molecule has 5 heteroatoms. The molecule has 5 nitrogen and oxygen atoms in total. The monoisotopic (exact) mass is 264 g/mol. The fourth-order valence-electron chi connectivity index (χ4n) is 2.01. The van der Waals surface area contributed by atoms with Crippen LogP contribution in [0, 0.1) is 0 Å². The molecule has 0 aromatic heterocycles. The average molecular weight is 264 g/mol. The van der Waals surface area contributed by atoms with Crippen molar-refractivity contribution in [2.24, 2.45) is 0 Å². The topological polar surface area (TPSA) is 59.6 Å². The van der Waals surface area contributed by atoms with E-state index in [9.17, 15) is 4.79 Å². The molecular weight excluding hydrogens is 244 g/mol. The van der Waals surface area contributed by atoms with Crippen LogP contribution in [0.25, 0.3) is 0 Å². The zero-order chi connectivity index (χ0) is 13.5. The van der Waals surface area contributed by atoms with Crippen LogP contribution in [0.1, 0.15) is 12.8 Å². The zero-order valence-corrected chi connectivity index (χ0v) is 11.1. The highest BCUT2D eigenvalue weighted by atomic mass is 16.5. The predicted octanol–water partition coefficient (Wildman–Crippen LogP) is 1.40. The first kappa shape index (κ1) is 13.8. The van der Waals surface area contributed by atoms with E-state index in [1.54, 1.807) is 7.05 Å². The molecule has 1 amide bonds. The lowest BCUT2D eigenvalue weighted by Crippen LogP contribution is -2.25. The van der Waals surface area contributed by atoms with Gasteiger partial charge in [0.05, 0.1) is 18.3 Å². The normalized spacial score (nSPS) is 18.3. The van der Waals surface area contributed by atoms with Gasteiger partial charge in [-0.15, -0.1) is 0 Å². The largest absolute Gasteiger partial charge is 0.489 e. The first-order chi connectivity index (χ1) is 9.29. The zero-order valence-electron chi connectivity index (χ0n) is 11.1. The van der Waals surface area contributed by atoms with Crippen LogP contribution in [0.4, 0.5) is 5.69 Å². The standard InChI is InChI=1S/C14H20N2O3/c1-15-9-14(17)16-12-6-2-3-7-13(12)19-10-11-5-4-8-18-11/h2-3,6-7,11,15H,4-5,8-10H2,1H3,(H,16,17). The maximum atomic E-state index is 11.6. The van der Waals surface area contributed by atoms with E-state index in [1.165, 1.54) is 0 Å². The van der Waals surface area contributed by atoms with Gasteiger partial charge in [0.25, 0.3) is 0 Å². The molecule has 0 aliphatic carbocycles. The number of hydrogen-bond donors (Lipinski definition) is 2. The van der Waals surface area contributed by atoms with E-state index >= 15 is 0 Å². The van der Waals surface area contributed by atoms with Crippen LogP contribution in [-0.4, -0.2) is 38.8 Å². The van der Waals surface area contributed by atoms with Crippen molar-refractivity contribution in [1.82, 2.24) is 5.32 Å². The van der Waals surface area contributed by atoms with Crippen molar-refractivity contribution in [3.8, 4) is 5.75 Å². The Morgan fingerprint density at radius 3 is 3.05 bits per heavy atom. The minimum Gasteiger partial charge on any atom is -0.489 e. The fraction of sp³-hybridized carbons (Fsp3) is 0.500. The molecule has 1 unspecified atom stereocenters. The van der Waals surface area contributed by atoms with Crippen LogP contribution in [-0.2, 0) is 9.53 Å². The Morgan fingerprint density at radius 2 is 2.32 bits per heavy atom. The molecule has 1 aliphatic heterocycles. The SMILES string of the molecule is CNCC(=O)Nc1ccccc1OCC1CCCO1. The summed E-state index contributed by atoms with van der Waals surface area (Å²) in [7, 11) is 1.74. The van der Waals surface area contributed by atoms with Gasteiger partial charge >= 0.3 is 0 Å². The minimum atomic E-state index is -0.0873. The number of carbonyl (C=O) groups is 1. The molecule has 0 spiro atoms. The van der Waals surface area contributed by atoms with Gasteiger partial charge in [0, 0.05) is 6.61 Å². The van der Waals surface area contributed by atoms with Crippen molar-refractivity contribution < 1.29 is 14.3 Å². The number of rotatable bonds is 6. The molecule has 1 heterocycles. The molecule has 1 aromatic carbocycles. The van der Waals surface area contributed by atoms with Crippen LogP contribution < -0.4 is 15.4 Å². The Labute approximate surface area is 113 Å². The molecule has 104 valence electrons. The number of likely N-dealkylation sites (N-methyl/N-ethyl adjacent to an activating group) is 1. The summed E-state index contributed by atoms with van der Waals surface area (Å²) in [5.74, 6) is 0.595. The lowest BCUT2D eigenvalue weighted by Gasteiger charge is -2.15. The van der Waals surface area contributed by atoms with E-state index in [2.05, 4.69) is 10.6 Å². The average Bonchev–Trinajstić information content (AvgIpc) is 2.91. The fourth-order valence-corrected chi connectivity index (χ4v) is 2.01. The number of para-hydroxylation sites is 2. The van der Waals surface area contributed by atoms with E-state index in [0.717, 1.165) is 19.4 Å². The maximum absolute atomic E-state index is 11.6. The van der Waals surface area contributed by atoms with Crippen LogP contribution in [0.2, 0.25) is 0 Å². The van der Waals surface area contributed by atoms with Gasteiger partial charge in [-0.1, -0.05) is 12.1 Å². The van der Waals surface area contributed by atoms with Crippen molar-refractivity contribution in [3.05, 3.63) is 24.3 Å². The van der Waals surface area contributed by atoms with Crippen LogP contribution in [0.5, 0.6) is 5.75 Å². The highest BCUT2D eigenvalue weighted by Gasteiger charge is 2.17. The van der Waals surface area contributed by atoms with Crippen molar-refractivity contribution in [2.75, 3.05) is 32.1 Å². The molecule has 2 N–H and O–H groups in total. The minimum absolute atomic E-state index is 0.0873.